The molecule has 79 heavy (non-hydrogen) atoms. The van der Waals surface area contributed by atoms with Crippen LogP contribution in [0.25, 0.3) is 0 Å². The molecule has 1 aliphatic rings. The predicted octanol–water partition coefficient (Wildman–Crippen LogP) is 5.18. The fraction of sp³-hybridized carbons (Fsp3) is 0.667. The van der Waals surface area contributed by atoms with E-state index in [4.69, 9.17) is 20.9 Å². The summed E-state index contributed by atoms with van der Waals surface area (Å²) >= 11 is 0. The summed E-state index contributed by atoms with van der Waals surface area (Å²) in [5.74, 6) is -4.62. The second kappa shape index (κ2) is 33.1. The summed E-state index contributed by atoms with van der Waals surface area (Å²) < 4.78 is 12.0. The van der Waals surface area contributed by atoms with E-state index in [2.05, 4.69) is 16.0 Å². The van der Waals surface area contributed by atoms with Gasteiger partial charge < -0.3 is 51.8 Å². The van der Waals surface area contributed by atoms with Crippen molar-refractivity contribution in [2.45, 2.75) is 175 Å². The van der Waals surface area contributed by atoms with Gasteiger partial charge in [-0.25, -0.2) is 9.59 Å². The van der Waals surface area contributed by atoms with Gasteiger partial charge in [-0.05, 0) is 79.5 Å². The van der Waals surface area contributed by atoms with Crippen LogP contribution in [-0.2, 0) is 62.3 Å². The van der Waals surface area contributed by atoms with Crippen LogP contribution >= 0.6 is 0 Å². The smallest absolute Gasteiger partial charge is 0.326 e. The number of ether oxygens (including phenoxy) is 2. The van der Waals surface area contributed by atoms with Gasteiger partial charge in [0.05, 0.1) is 54.8 Å². The van der Waals surface area contributed by atoms with E-state index in [0.717, 1.165) is 16.7 Å². The molecule has 2 aromatic rings. The molecule has 0 spiro atoms. The lowest BCUT2D eigenvalue weighted by molar-refractivity contribution is -0.149. The minimum absolute atomic E-state index is 0.0200. The highest BCUT2D eigenvalue weighted by Gasteiger charge is 2.44. The Hall–Kier alpha value is -5.76. The van der Waals surface area contributed by atoms with Gasteiger partial charge in [0.15, 0.2) is 11.6 Å². The van der Waals surface area contributed by atoms with E-state index in [1.165, 1.54) is 14.2 Å². The molecule has 11 atom stereocenters. The van der Waals surface area contributed by atoms with Crippen LogP contribution in [0.5, 0.6) is 0 Å². The maximum atomic E-state index is 14.8. The number of hydrogen-bond donors (Lipinski definition) is 6. The van der Waals surface area contributed by atoms with Crippen molar-refractivity contribution in [3.63, 3.8) is 0 Å². The lowest BCUT2D eigenvalue weighted by atomic mass is 9.83. The number of likely N-dealkylation sites (N-methyl/N-ethyl adjacent to an activating group) is 2. The summed E-state index contributed by atoms with van der Waals surface area (Å²) in [6.07, 6.45) is 2.00. The zero-order valence-corrected chi connectivity index (χ0v) is 49.5. The monoisotopic (exact) mass is 1100 g/mol. The van der Waals surface area contributed by atoms with Gasteiger partial charge in [-0.15, -0.1) is 0 Å². The summed E-state index contributed by atoms with van der Waals surface area (Å²) in [6, 6.07) is 11.9. The number of nitrogens with one attached hydrogen (secondary N) is 3. The zero-order chi connectivity index (χ0) is 59.3. The molecule has 8 N–H and O–H groups in total. The molecule has 0 aliphatic carbocycles. The number of rotatable bonds is 35. The number of Topliss-reactive ketones (excluding diaryl/α,β-unsaturated/α-hetero) is 2. The van der Waals surface area contributed by atoms with Gasteiger partial charge in [-0.3, -0.25) is 33.7 Å². The number of primary amides is 1. The minimum Gasteiger partial charge on any atom is -0.480 e. The lowest BCUT2D eigenvalue weighted by Crippen LogP contribution is -2.55. The van der Waals surface area contributed by atoms with Crippen molar-refractivity contribution in [1.29, 1.82) is 0 Å². The molecule has 0 radical (unpaired) electrons. The number of ketones is 2. The summed E-state index contributed by atoms with van der Waals surface area (Å²) in [6.45, 7) is 18.5. The van der Waals surface area contributed by atoms with E-state index < -0.39 is 84.1 Å². The highest BCUT2D eigenvalue weighted by molar-refractivity contribution is 5.92. The first kappa shape index (κ1) is 67.5. The number of urea groups is 1. The van der Waals surface area contributed by atoms with Crippen LogP contribution in [0, 0.1) is 35.5 Å². The third-order valence-electron chi connectivity index (χ3n) is 16.0. The molecule has 3 rings (SSSR count). The molecule has 6 amide bonds. The maximum absolute atomic E-state index is 14.8. The van der Waals surface area contributed by atoms with E-state index in [1.807, 2.05) is 110 Å². The molecule has 1 aliphatic heterocycles. The summed E-state index contributed by atoms with van der Waals surface area (Å²) in [7, 11) is 6.68. The Bertz CT molecular complexity index is 2280. The van der Waals surface area contributed by atoms with Gasteiger partial charge in [0.25, 0.3) is 0 Å². The van der Waals surface area contributed by atoms with Crippen LogP contribution in [-0.4, -0.2) is 163 Å². The molecule has 19 nitrogen and oxygen atoms in total. The van der Waals surface area contributed by atoms with Crippen molar-refractivity contribution in [2.24, 2.45) is 47.0 Å². The quantitative estimate of drug-likeness (QED) is 0.0487. The summed E-state index contributed by atoms with van der Waals surface area (Å²) in [4.78, 5) is 113. The first-order chi connectivity index (χ1) is 37.3. The molecular weight excluding hydrogens is 1010 g/mol. The fourth-order valence-electron chi connectivity index (χ4n) is 11.0. The topological polar surface area (TPSA) is 273 Å². The molecule has 1 saturated heterocycles. The lowest BCUT2D eigenvalue weighted by Gasteiger charge is -2.41. The van der Waals surface area contributed by atoms with Crippen molar-refractivity contribution in [3.8, 4) is 0 Å². The van der Waals surface area contributed by atoms with Crippen LogP contribution in [0.3, 0.4) is 0 Å². The van der Waals surface area contributed by atoms with Gasteiger partial charge in [0.1, 0.15) is 6.04 Å². The van der Waals surface area contributed by atoms with E-state index in [0.29, 0.717) is 51.6 Å². The Morgan fingerprint density at radius 2 is 1.39 bits per heavy atom. The third kappa shape index (κ3) is 20.4. The van der Waals surface area contributed by atoms with E-state index in [1.54, 1.807) is 35.9 Å². The number of benzene rings is 2. The average Bonchev–Trinajstić information content (AvgIpc) is 3.91. The Morgan fingerprint density at radius 1 is 0.772 bits per heavy atom. The van der Waals surface area contributed by atoms with Gasteiger partial charge in [0.2, 0.25) is 23.6 Å². The molecular formula is C60H96N8O11. The number of likely N-dealkylation sites (tertiary alicyclic amines) is 1. The number of carboxylic acid groups (broad SMARTS) is 1. The predicted molar refractivity (Wildman–Crippen MR) is 305 cm³/mol. The van der Waals surface area contributed by atoms with Gasteiger partial charge in [0, 0.05) is 66.1 Å². The van der Waals surface area contributed by atoms with E-state index in [9.17, 15) is 43.5 Å². The molecule has 0 saturated carbocycles. The second-order valence-corrected chi connectivity index (χ2v) is 22.8. The number of nitrogens with two attached hydrogens (primary N) is 2. The molecule has 1 heterocycles. The Balaban J connectivity index is 1.71. The molecule has 0 unspecified atom stereocenters. The molecule has 1 fully saturated rings. The van der Waals surface area contributed by atoms with E-state index in [-0.39, 0.29) is 79.3 Å². The Kier molecular flexibility index (Phi) is 28.3. The first-order valence-corrected chi connectivity index (χ1v) is 28.4. The number of carboxylic acids is 1. The largest absolute Gasteiger partial charge is 0.480 e. The van der Waals surface area contributed by atoms with Crippen molar-refractivity contribution in [1.82, 2.24) is 30.7 Å². The molecule has 442 valence electrons. The first-order valence-electron chi connectivity index (χ1n) is 28.4. The standard InChI is InChI=1S/C60H96N8O11/c1-14-39(8)54(50(78-12)35-51(71)68-30-19-23-47(68)55(79-13)40(9)56(72)65-46(59(75)76)32-42-20-16-15-17-21-42)67(11)58(74)44(36(2)3)34-49(70)53(38(6)7)66(10)31-28-41-24-26-43(27-25-41)33-48(69)45(22-18-29-63-60(62)77)64-57(73)52(61)37(4)5/h15-17,20-21,24-27,36-40,44-47,50,52-55H,14,18-19,22-23,28-35,61H2,1-13H3,(H,64,73)(H,65,72)(H,75,76)(H3,62,63,77)/t39-,40+,44-,45-,46-,47-,50+,52-,53-,54-,55+/m0/s1. The molecule has 0 aromatic heterocycles. The zero-order valence-electron chi connectivity index (χ0n) is 49.5. The van der Waals surface area contributed by atoms with Crippen LogP contribution in [0.15, 0.2) is 54.6 Å². The minimum atomic E-state index is -1.16. The van der Waals surface area contributed by atoms with Crippen molar-refractivity contribution >= 4 is 47.2 Å². The van der Waals surface area contributed by atoms with Gasteiger partial charge >= 0.3 is 12.0 Å². The number of aliphatic carboxylic acids is 1. The Morgan fingerprint density at radius 3 is 1.94 bits per heavy atom. The van der Waals surface area contributed by atoms with E-state index >= 15 is 0 Å². The van der Waals surface area contributed by atoms with Gasteiger partial charge in [-0.2, -0.15) is 0 Å². The number of carbonyl (C=O) groups is 8. The summed E-state index contributed by atoms with van der Waals surface area (Å²) in [5, 5.41) is 18.0. The van der Waals surface area contributed by atoms with Crippen LogP contribution in [0.2, 0.25) is 0 Å². The number of amides is 6. The maximum Gasteiger partial charge on any atom is 0.326 e. The van der Waals surface area contributed by atoms with Crippen molar-refractivity contribution in [2.75, 3.05) is 47.9 Å². The molecule has 19 heteroatoms. The molecule has 2 aromatic carbocycles. The highest BCUT2D eigenvalue weighted by Crippen LogP contribution is 2.31. The number of hydrogen-bond acceptors (Lipinski definition) is 12. The SMILES string of the molecule is CC[C@H](C)[C@@H]([C@@H](CC(=O)N1CCC[C@H]1[C@H](OC)[C@@H](C)C(=O)N[C@@H](Cc1ccccc1)C(=O)O)OC)N(C)C(=O)[C@@H](CC(=O)[C@H](C(C)C)N(C)CCc1ccc(CC(=O)[C@H](CCCNC(N)=O)NC(=O)[C@@H](N)C(C)C)cc1)C(C)C. The van der Waals surface area contributed by atoms with Gasteiger partial charge in [-0.1, -0.05) is 123 Å². The van der Waals surface area contributed by atoms with Crippen LogP contribution in [0.1, 0.15) is 124 Å². The second-order valence-electron chi connectivity index (χ2n) is 22.8. The highest BCUT2D eigenvalue weighted by atomic mass is 16.5. The summed E-state index contributed by atoms with van der Waals surface area (Å²) in [5.41, 5.74) is 13.8. The van der Waals surface area contributed by atoms with Crippen molar-refractivity contribution in [3.05, 3.63) is 71.3 Å². The Labute approximate surface area is 470 Å². The normalized spacial score (nSPS) is 17.5. The average molecular weight is 1110 g/mol. The molecule has 0 bridgehead atoms. The number of nitrogens with zero attached hydrogens (tertiary/aromatic N) is 3. The van der Waals surface area contributed by atoms with Crippen molar-refractivity contribution < 1.29 is 52.9 Å². The third-order valence-corrected chi connectivity index (χ3v) is 16.0. The van der Waals surface area contributed by atoms with Crippen LogP contribution in [0.4, 0.5) is 4.79 Å². The number of methoxy groups -OCH3 is 2. The van der Waals surface area contributed by atoms with Crippen LogP contribution < -0.4 is 27.4 Å². The fourth-order valence-corrected chi connectivity index (χ4v) is 11.0. The number of carbonyl (C=O) groups excluding carboxylic acids is 7.